The first kappa shape index (κ1) is 17.7. The van der Waals surface area contributed by atoms with Gasteiger partial charge in [-0.05, 0) is 26.7 Å². The highest BCUT2D eigenvalue weighted by Gasteiger charge is 2.10. The van der Waals surface area contributed by atoms with E-state index in [2.05, 4.69) is 41.0 Å². The lowest BCUT2D eigenvalue weighted by Crippen LogP contribution is -2.25. The van der Waals surface area contributed by atoms with Crippen LogP contribution < -0.4 is 10.2 Å². The third-order valence-corrected chi connectivity index (χ3v) is 3.24. The van der Waals surface area contributed by atoms with Crippen molar-refractivity contribution in [2.45, 2.75) is 53.6 Å². The fraction of sp³-hybridized carbons (Fsp3) is 0.750. The Hall–Kier alpha value is -1.36. The van der Waals surface area contributed by atoms with Crippen molar-refractivity contribution in [3.05, 3.63) is 11.9 Å². The van der Waals surface area contributed by atoms with Crippen molar-refractivity contribution in [2.24, 2.45) is 0 Å². The van der Waals surface area contributed by atoms with Crippen LogP contribution in [0, 0.1) is 0 Å². The Morgan fingerprint density at radius 2 is 1.95 bits per heavy atom. The molecule has 5 heteroatoms. The molecule has 5 nitrogen and oxygen atoms in total. The Labute approximate surface area is 129 Å². The summed E-state index contributed by atoms with van der Waals surface area (Å²) < 4.78 is 5.46. The summed E-state index contributed by atoms with van der Waals surface area (Å²) in [5.41, 5.74) is 0. The molecule has 0 saturated carbocycles. The number of unbranched alkanes of at least 4 members (excludes halogenated alkanes) is 1. The number of hydrogen-bond donors (Lipinski definition) is 1. The molecule has 0 fully saturated rings. The van der Waals surface area contributed by atoms with Gasteiger partial charge >= 0.3 is 0 Å². The molecule has 1 heterocycles. The zero-order chi connectivity index (χ0) is 15.5. The van der Waals surface area contributed by atoms with Gasteiger partial charge in [-0.1, -0.05) is 20.3 Å². The van der Waals surface area contributed by atoms with Gasteiger partial charge in [0.25, 0.3) is 0 Å². The zero-order valence-corrected chi connectivity index (χ0v) is 14.0. The molecule has 1 aromatic heterocycles. The van der Waals surface area contributed by atoms with Gasteiger partial charge in [-0.15, -0.1) is 0 Å². The molecule has 0 bridgehead atoms. The Morgan fingerprint density at radius 1 is 1.14 bits per heavy atom. The van der Waals surface area contributed by atoms with E-state index in [-0.39, 0.29) is 0 Å². The minimum atomic E-state index is 0.469. The average molecular weight is 294 g/mol. The smallest absolute Gasteiger partial charge is 0.158 e. The molecule has 0 aliphatic rings. The minimum Gasteiger partial charge on any atom is -0.374 e. The van der Waals surface area contributed by atoms with Gasteiger partial charge in [0, 0.05) is 32.3 Å². The van der Waals surface area contributed by atoms with Crippen molar-refractivity contribution >= 4 is 11.6 Å². The summed E-state index contributed by atoms with van der Waals surface area (Å²) in [4.78, 5) is 11.5. The predicted molar refractivity (Wildman–Crippen MR) is 88.9 cm³/mol. The van der Waals surface area contributed by atoms with Gasteiger partial charge in [-0.2, -0.15) is 0 Å². The maximum atomic E-state index is 5.46. The van der Waals surface area contributed by atoms with Crippen molar-refractivity contribution in [3.8, 4) is 0 Å². The van der Waals surface area contributed by atoms with Gasteiger partial charge < -0.3 is 15.0 Å². The highest BCUT2D eigenvalue weighted by atomic mass is 16.5. The van der Waals surface area contributed by atoms with Gasteiger partial charge in [-0.25, -0.2) is 9.97 Å². The molecule has 0 unspecified atom stereocenters. The van der Waals surface area contributed by atoms with Gasteiger partial charge in [0.2, 0.25) is 0 Å². The summed E-state index contributed by atoms with van der Waals surface area (Å²) in [5.74, 6) is 2.64. The van der Waals surface area contributed by atoms with E-state index in [1.807, 2.05) is 13.0 Å². The van der Waals surface area contributed by atoms with Crippen LogP contribution in [0.5, 0.6) is 0 Å². The average Bonchev–Trinajstić information content (AvgIpc) is 2.51. The summed E-state index contributed by atoms with van der Waals surface area (Å²) >= 11 is 0. The van der Waals surface area contributed by atoms with Crippen LogP contribution in [0.25, 0.3) is 0 Å². The second-order valence-electron chi connectivity index (χ2n) is 5.02. The van der Waals surface area contributed by atoms with Crippen molar-refractivity contribution in [2.75, 3.05) is 36.5 Å². The van der Waals surface area contributed by atoms with Crippen molar-refractivity contribution in [3.63, 3.8) is 0 Å². The quantitative estimate of drug-likeness (QED) is 0.677. The molecule has 0 aromatic carbocycles. The zero-order valence-electron chi connectivity index (χ0n) is 14.0. The molecule has 1 rings (SSSR count). The maximum Gasteiger partial charge on any atom is 0.158 e. The van der Waals surface area contributed by atoms with Crippen LogP contribution >= 0.6 is 0 Å². The van der Waals surface area contributed by atoms with E-state index >= 15 is 0 Å². The van der Waals surface area contributed by atoms with E-state index < -0.39 is 0 Å². The fourth-order valence-electron chi connectivity index (χ4n) is 2.03. The Kier molecular flexibility index (Phi) is 8.74. The molecule has 0 amide bonds. The standard InChI is InChI=1S/C16H30N4O/c1-5-9-11-20(7-3)16-12-14(17-10-6-2)18-15(19-16)13-21-8-4/h12H,5-11,13H2,1-4H3,(H,17,18,19). The largest absolute Gasteiger partial charge is 0.374 e. The molecule has 0 saturated heterocycles. The molecule has 120 valence electrons. The summed E-state index contributed by atoms with van der Waals surface area (Å²) in [6.45, 7) is 12.6. The fourth-order valence-corrected chi connectivity index (χ4v) is 2.03. The van der Waals surface area contributed by atoms with Crippen molar-refractivity contribution < 1.29 is 4.74 Å². The molecule has 0 spiro atoms. The van der Waals surface area contributed by atoms with Crippen LogP contribution in [0.4, 0.5) is 11.6 Å². The van der Waals surface area contributed by atoms with Gasteiger partial charge in [0.1, 0.15) is 18.2 Å². The Balaban J connectivity index is 2.92. The van der Waals surface area contributed by atoms with Crippen LogP contribution in [-0.2, 0) is 11.3 Å². The normalized spacial score (nSPS) is 10.7. The van der Waals surface area contributed by atoms with Crippen LogP contribution in [0.15, 0.2) is 6.07 Å². The molecule has 0 radical (unpaired) electrons. The topological polar surface area (TPSA) is 50.3 Å². The molecule has 21 heavy (non-hydrogen) atoms. The van der Waals surface area contributed by atoms with E-state index in [0.717, 1.165) is 43.5 Å². The first-order chi connectivity index (χ1) is 10.2. The number of hydrogen-bond acceptors (Lipinski definition) is 5. The highest BCUT2D eigenvalue weighted by Crippen LogP contribution is 2.17. The molecule has 0 aliphatic carbocycles. The number of nitrogens with one attached hydrogen (secondary N) is 1. The van der Waals surface area contributed by atoms with Gasteiger partial charge in [0.05, 0.1) is 0 Å². The monoisotopic (exact) mass is 294 g/mol. The lowest BCUT2D eigenvalue weighted by Gasteiger charge is -2.23. The second kappa shape index (κ2) is 10.4. The lowest BCUT2D eigenvalue weighted by molar-refractivity contribution is 0.128. The summed E-state index contributed by atoms with van der Waals surface area (Å²) in [7, 11) is 0. The first-order valence-corrected chi connectivity index (χ1v) is 8.19. The maximum absolute atomic E-state index is 5.46. The summed E-state index contributed by atoms with van der Waals surface area (Å²) in [6.07, 6.45) is 3.44. The van der Waals surface area contributed by atoms with E-state index in [1.54, 1.807) is 0 Å². The number of rotatable bonds is 11. The minimum absolute atomic E-state index is 0.469. The third kappa shape index (κ3) is 6.29. The lowest BCUT2D eigenvalue weighted by atomic mass is 10.3. The number of ether oxygens (including phenoxy) is 1. The van der Waals surface area contributed by atoms with Gasteiger partial charge in [0.15, 0.2) is 5.82 Å². The van der Waals surface area contributed by atoms with Crippen molar-refractivity contribution in [1.82, 2.24) is 9.97 Å². The summed E-state index contributed by atoms with van der Waals surface area (Å²) in [5, 5.41) is 3.35. The third-order valence-electron chi connectivity index (χ3n) is 3.24. The van der Waals surface area contributed by atoms with E-state index in [4.69, 9.17) is 4.74 Å². The number of nitrogens with zero attached hydrogens (tertiary/aromatic N) is 3. The highest BCUT2D eigenvalue weighted by molar-refractivity contribution is 5.49. The molecule has 1 aromatic rings. The van der Waals surface area contributed by atoms with Gasteiger partial charge in [-0.3, -0.25) is 0 Å². The number of anilines is 2. The van der Waals surface area contributed by atoms with E-state index in [1.165, 1.54) is 12.8 Å². The second-order valence-corrected chi connectivity index (χ2v) is 5.02. The van der Waals surface area contributed by atoms with Crippen LogP contribution in [0.1, 0.15) is 52.8 Å². The number of aromatic nitrogens is 2. The van der Waals surface area contributed by atoms with E-state index in [9.17, 15) is 0 Å². The first-order valence-electron chi connectivity index (χ1n) is 8.19. The van der Waals surface area contributed by atoms with E-state index in [0.29, 0.717) is 13.2 Å². The summed E-state index contributed by atoms with van der Waals surface area (Å²) in [6, 6.07) is 2.05. The predicted octanol–water partition coefficient (Wildman–Crippen LogP) is 3.46. The SMILES string of the molecule is CCCCN(CC)c1cc(NCCC)nc(COCC)n1. The van der Waals surface area contributed by atoms with Crippen LogP contribution in [0.3, 0.4) is 0 Å². The van der Waals surface area contributed by atoms with Crippen LogP contribution in [0.2, 0.25) is 0 Å². The molecule has 0 atom stereocenters. The molecule has 0 aliphatic heterocycles. The Morgan fingerprint density at radius 3 is 2.57 bits per heavy atom. The molecular formula is C16H30N4O. The molecular weight excluding hydrogens is 264 g/mol. The van der Waals surface area contributed by atoms with Crippen molar-refractivity contribution in [1.29, 1.82) is 0 Å². The molecule has 1 N–H and O–H groups in total. The van der Waals surface area contributed by atoms with Crippen LogP contribution in [-0.4, -0.2) is 36.2 Å². The Bertz CT molecular complexity index is 372.